The van der Waals surface area contributed by atoms with Gasteiger partial charge in [0, 0.05) is 24.3 Å². The average molecular weight is 280 g/mol. The second-order valence-electron chi connectivity index (χ2n) is 4.07. The van der Waals surface area contributed by atoms with Crippen LogP contribution in [0.15, 0.2) is 4.99 Å². The summed E-state index contributed by atoms with van der Waals surface area (Å²) in [6, 6.07) is 0.389. The molecule has 2 heterocycles. The summed E-state index contributed by atoms with van der Waals surface area (Å²) in [5.41, 5.74) is 0. The van der Waals surface area contributed by atoms with E-state index in [2.05, 4.69) is 9.73 Å². The minimum Gasteiger partial charge on any atom is -0.475 e. The fourth-order valence-corrected chi connectivity index (χ4v) is 3.11. The zero-order valence-corrected chi connectivity index (χ0v) is 11.5. The van der Waals surface area contributed by atoms with Gasteiger partial charge in [-0.3, -0.25) is 4.79 Å². The van der Waals surface area contributed by atoms with Gasteiger partial charge in [0.15, 0.2) is 5.90 Å². The number of aliphatic imine (C=N–C) groups is 1. The molecule has 2 aliphatic heterocycles. The van der Waals surface area contributed by atoms with E-state index in [0.29, 0.717) is 18.6 Å². The van der Waals surface area contributed by atoms with Crippen LogP contribution in [0.1, 0.15) is 25.7 Å². The molecule has 0 aliphatic carbocycles. The van der Waals surface area contributed by atoms with Crippen LogP contribution in [0.2, 0.25) is 0 Å². The van der Waals surface area contributed by atoms with Crippen molar-refractivity contribution in [3.8, 4) is 0 Å². The van der Waals surface area contributed by atoms with Crippen molar-refractivity contribution in [3.05, 3.63) is 0 Å². The fourth-order valence-electron chi connectivity index (χ4n) is 1.92. The summed E-state index contributed by atoms with van der Waals surface area (Å²) >= 11 is 1.91. The van der Waals surface area contributed by atoms with E-state index in [4.69, 9.17) is 4.74 Å². The van der Waals surface area contributed by atoms with Crippen LogP contribution in [0.3, 0.4) is 0 Å². The number of nitrogens with zero attached hydrogens (tertiary/aromatic N) is 1. The molecule has 1 saturated heterocycles. The van der Waals surface area contributed by atoms with Crippen LogP contribution >= 0.6 is 24.2 Å². The van der Waals surface area contributed by atoms with Gasteiger partial charge in [-0.1, -0.05) is 0 Å². The third kappa shape index (κ3) is 4.07. The summed E-state index contributed by atoms with van der Waals surface area (Å²) in [5, 5.41) is 0. The number of rotatable bonds is 5. The van der Waals surface area contributed by atoms with Crippen LogP contribution in [0.4, 0.5) is 0 Å². The third-order valence-electron chi connectivity index (χ3n) is 2.85. The molecule has 1 fully saturated rings. The quantitative estimate of drug-likeness (QED) is 0.571. The Morgan fingerprint density at radius 2 is 2.35 bits per heavy atom. The SMILES string of the molecule is COC(=O)CCCCC1=N[C@@H]2CSC[C@@H]2O1.Cl. The maximum absolute atomic E-state index is 10.9. The Morgan fingerprint density at radius 3 is 3.06 bits per heavy atom. The molecule has 0 aromatic carbocycles. The maximum Gasteiger partial charge on any atom is 0.305 e. The van der Waals surface area contributed by atoms with Gasteiger partial charge in [-0.05, 0) is 12.8 Å². The molecule has 6 heteroatoms. The van der Waals surface area contributed by atoms with Crippen molar-refractivity contribution in [2.24, 2.45) is 4.99 Å². The molecule has 0 spiro atoms. The molecule has 98 valence electrons. The Bertz CT molecular complexity index is 298. The highest BCUT2D eigenvalue weighted by Gasteiger charge is 2.35. The number of methoxy groups -OCH3 is 1. The number of unbranched alkanes of at least 4 members (excludes halogenated alkanes) is 1. The lowest BCUT2D eigenvalue weighted by Gasteiger charge is -2.07. The fraction of sp³-hybridized carbons (Fsp3) is 0.818. The van der Waals surface area contributed by atoms with Gasteiger partial charge in [-0.25, -0.2) is 4.99 Å². The van der Waals surface area contributed by atoms with Crippen molar-refractivity contribution < 1.29 is 14.3 Å². The van der Waals surface area contributed by atoms with Gasteiger partial charge in [0.2, 0.25) is 0 Å². The average Bonchev–Trinajstić information content (AvgIpc) is 2.84. The molecule has 17 heavy (non-hydrogen) atoms. The number of carbonyl (C=O) groups excluding carboxylic acids is 1. The van der Waals surface area contributed by atoms with E-state index < -0.39 is 0 Å². The molecule has 0 N–H and O–H groups in total. The van der Waals surface area contributed by atoms with E-state index >= 15 is 0 Å². The van der Waals surface area contributed by atoms with Crippen LogP contribution in [0, 0.1) is 0 Å². The van der Waals surface area contributed by atoms with Crippen molar-refractivity contribution in [1.29, 1.82) is 0 Å². The Balaban J connectivity index is 0.00000144. The lowest BCUT2D eigenvalue weighted by molar-refractivity contribution is -0.140. The highest BCUT2D eigenvalue weighted by Crippen LogP contribution is 2.29. The van der Waals surface area contributed by atoms with Crippen molar-refractivity contribution in [2.45, 2.75) is 37.8 Å². The first kappa shape index (κ1) is 14.6. The smallest absolute Gasteiger partial charge is 0.305 e. The second kappa shape index (κ2) is 7.11. The van der Waals surface area contributed by atoms with Gasteiger partial charge in [0.05, 0.1) is 7.11 Å². The van der Waals surface area contributed by atoms with Crippen molar-refractivity contribution in [3.63, 3.8) is 0 Å². The van der Waals surface area contributed by atoms with Crippen LogP contribution in [0.5, 0.6) is 0 Å². The minimum absolute atomic E-state index is 0. The Hall–Kier alpha value is -0.420. The zero-order chi connectivity index (χ0) is 11.4. The number of esters is 1. The summed E-state index contributed by atoms with van der Waals surface area (Å²) in [5.74, 6) is 2.92. The molecule has 0 saturated carbocycles. The predicted octanol–water partition coefficient (Wildman–Crippen LogP) is 2.05. The summed E-state index contributed by atoms with van der Waals surface area (Å²) < 4.78 is 10.3. The van der Waals surface area contributed by atoms with Gasteiger partial charge < -0.3 is 9.47 Å². The first-order chi connectivity index (χ1) is 7.79. The molecule has 0 aromatic heterocycles. The van der Waals surface area contributed by atoms with E-state index in [-0.39, 0.29) is 18.4 Å². The first-order valence-corrected chi connectivity index (χ1v) is 6.83. The number of hydrogen-bond donors (Lipinski definition) is 0. The minimum atomic E-state index is -0.137. The zero-order valence-electron chi connectivity index (χ0n) is 9.89. The molecule has 2 atom stereocenters. The van der Waals surface area contributed by atoms with Crippen molar-refractivity contribution in [2.75, 3.05) is 18.6 Å². The van der Waals surface area contributed by atoms with Gasteiger partial charge >= 0.3 is 5.97 Å². The Labute approximate surface area is 112 Å². The molecule has 2 aliphatic rings. The molecule has 0 unspecified atom stereocenters. The molecule has 0 aromatic rings. The van der Waals surface area contributed by atoms with E-state index in [1.54, 1.807) is 0 Å². The number of ether oxygens (including phenoxy) is 2. The standard InChI is InChI=1S/C11H17NO3S.ClH/c1-14-11(13)5-3-2-4-10-12-8-6-16-7-9(8)15-10;/h8-9H,2-7H2,1H3;1H/t8-,9+;/m1./s1. The lowest BCUT2D eigenvalue weighted by atomic mass is 10.2. The summed E-state index contributed by atoms with van der Waals surface area (Å²) in [4.78, 5) is 15.4. The van der Waals surface area contributed by atoms with Crippen LogP contribution in [-0.2, 0) is 14.3 Å². The molecule has 4 nitrogen and oxygen atoms in total. The normalized spacial score (nSPS) is 25.6. The molecule has 2 rings (SSSR count). The highest BCUT2D eigenvalue weighted by atomic mass is 35.5. The molecule has 0 bridgehead atoms. The number of halogens is 1. The lowest BCUT2D eigenvalue weighted by Crippen LogP contribution is -2.19. The Morgan fingerprint density at radius 1 is 1.53 bits per heavy atom. The van der Waals surface area contributed by atoms with E-state index in [1.165, 1.54) is 7.11 Å². The van der Waals surface area contributed by atoms with E-state index in [0.717, 1.165) is 36.7 Å². The number of thioether (sulfide) groups is 1. The monoisotopic (exact) mass is 279 g/mol. The second-order valence-corrected chi connectivity index (χ2v) is 5.14. The number of hydrogen-bond acceptors (Lipinski definition) is 5. The molecular formula is C11H18ClNO3S. The maximum atomic E-state index is 10.9. The van der Waals surface area contributed by atoms with Crippen LogP contribution < -0.4 is 0 Å². The van der Waals surface area contributed by atoms with E-state index in [1.807, 2.05) is 11.8 Å². The number of fused-ring (bicyclic) bond motifs is 1. The van der Waals surface area contributed by atoms with Gasteiger partial charge in [0.1, 0.15) is 12.1 Å². The third-order valence-corrected chi connectivity index (χ3v) is 3.99. The first-order valence-electron chi connectivity index (χ1n) is 5.67. The largest absolute Gasteiger partial charge is 0.475 e. The molecule has 0 amide bonds. The van der Waals surface area contributed by atoms with Crippen molar-refractivity contribution in [1.82, 2.24) is 0 Å². The van der Waals surface area contributed by atoms with E-state index in [9.17, 15) is 4.79 Å². The number of carbonyl (C=O) groups is 1. The van der Waals surface area contributed by atoms with Crippen molar-refractivity contribution >= 4 is 36.0 Å². The Kier molecular flexibility index (Phi) is 6.12. The van der Waals surface area contributed by atoms with Gasteiger partial charge in [-0.15, -0.1) is 12.4 Å². The summed E-state index contributed by atoms with van der Waals surface area (Å²) in [7, 11) is 1.42. The topological polar surface area (TPSA) is 47.9 Å². The summed E-state index contributed by atoms with van der Waals surface area (Å²) in [6.07, 6.45) is 3.46. The molecule has 0 radical (unpaired) electrons. The highest BCUT2D eigenvalue weighted by molar-refractivity contribution is 7.99. The van der Waals surface area contributed by atoms with Gasteiger partial charge in [0.25, 0.3) is 0 Å². The molecular weight excluding hydrogens is 262 g/mol. The predicted molar refractivity (Wildman–Crippen MR) is 71.2 cm³/mol. The van der Waals surface area contributed by atoms with Crippen LogP contribution in [-0.4, -0.2) is 42.6 Å². The van der Waals surface area contributed by atoms with Gasteiger partial charge in [-0.2, -0.15) is 11.8 Å². The van der Waals surface area contributed by atoms with Crippen LogP contribution in [0.25, 0.3) is 0 Å². The summed E-state index contributed by atoms with van der Waals surface area (Å²) in [6.45, 7) is 0.